The average Bonchev–Trinajstić information content (AvgIpc) is 2.56. The first-order valence-electron chi connectivity index (χ1n) is 6.77. The Morgan fingerprint density at radius 3 is 2.46 bits per heavy atom. The van der Waals surface area contributed by atoms with Crippen molar-refractivity contribution in [2.75, 3.05) is 7.11 Å². The molecular weight excluding hydrogens is 332 g/mol. The van der Waals surface area contributed by atoms with Crippen LogP contribution in [0.3, 0.4) is 0 Å². The molecule has 0 amide bonds. The molecule has 24 heavy (non-hydrogen) atoms. The first kappa shape index (κ1) is 17.3. The second kappa shape index (κ2) is 7.98. The number of ether oxygens (including phenoxy) is 2. The maximum absolute atomic E-state index is 12.1. The molecule has 0 aromatic heterocycles. The third-order valence-corrected chi connectivity index (χ3v) is 3.10. The zero-order valence-electron chi connectivity index (χ0n) is 12.8. The van der Waals surface area contributed by atoms with Crippen molar-refractivity contribution in [1.29, 1.82) is 0 Å². The molecular formula is C16H15ClN4O3. The molecule has 124 valence electrons. The Morgan fingerprint density at radius 2 is 1.83 bits per heavy atom. The molecule has 0 radical (unpaired) electrons. The average molecular weight is 347 g/mol. The van der Waals surface area contributed by atoms with Gasteiger partial charge in [0.25, 0.3) is 0 Å². The number of hydrogen-bond donors (Lipinski definition) is 2. The molecule has 0 saturated heterocycles. The molecule has 0 atom stereocenters. The molecule has 0 bridgehead atoms. The number of carbonyl (C=O) groups excluding carboxylic acids is 1. The van der Waals surface area contributed by atoms with Crippen molar-refractivity contribution in [3.63, 3.8) is 0 Å². The lowest BCUT2D eigenvalue weighted by Crippen LogP contribution is -2.21. The van der Waals surface area contributed by atoms with Crippen molar-refractivity contribution in [2.24, 2.45) is 21.7 Å². The van der Waals surface area contributed by atoms with Gasteiger partial charge in [0.05, 0.1) is 18.9 Å². The molecule has 0 heterocycles. The molecule has 0 saturated carbocycles. The minimum atomic E-state index is -0.521. The summed E-state index contributed by atoms with van der Waals surface area (Å²) >= 11 is 5.79. The highest BCUT2D eigenvalue weighted by atomic mass is 35.5. The Morgan fingerprint density at radius 1 is 1.12 bits per heavy atom. The fraction of sp³-hybridized carbons (Fsp3) is 0.0625. The van der Waals surface area contributed by atoms with Crippen molar-refractivity contribution in [3.05, 3.63) is 58.6 Å². The summed E-state index contributed by atoms with van der Waals surface area (Å²) in [6, 6.07) is 11.3. The third-order valence-electron chi connectivity index (χ3n) is 2.85. The Hall–Kier alpha value is -3.06. The van der Waals surface area contributed by atoms with Crippen LogP contribution < -0.4 is 20.9 Å². The first-order valence-corrected chi connectivity index (χ1v) is 7.15. The van der Waals surface area contributed by atoms with Crippen LogP contribution in [-0.2, 0) is 0 Å². The molecule has 7 nitrogen and oxygen atoms in total. The van der Waals surface area contributed by atoms with Gasteiger partial charge in [0.2, 0.25) is 5.96 Å². The number of rotatable bonds is 5. The number of nitrogens with two attached hydrogens (primary N) is 2. The van der Waals surface area contributed by atoms with Crippen molar-refractivity contribution in [3.8, 4) is 11.5 Å². The summed E-state index contributed by atoms with van der Waals surface area (Å²) in [6.45, 7) is 0. The van der Waals surface area contributed by atoms with Gasteiger partial charge >= 0.3 is 5.97 Å². The minimum Gasteiger partial charge on any atom is -0.493 e. The molecule has 2 aromatic carbocycles. The van der Waals surface area contributed by atoms with E-state index >= 15 is 0 Å². The highest BCUT2D eigenvalue weighted by Gasteiger charge is 2.12. The maximum atomic E-state index is 12.1. The van der Waals surface area contributed by atoms with Crippen LogP contribution in [0.4, 0.5) is 0 Å². The van der Waals surface area contributed by atoms with E-state index in [1.54, 1.807) is 42.5 Å². The highest BCUT2D eigenvalue weighted by Crippen LogP contribution is 2.28. The van der Waals surface area contributed by atoms with Crippen LogP contribution in [0.2, 0.25) is 5.02 Å². The van der Waals surface area contributed by atoms with Gasteiger partial charge in [-0.2, -0.15) is 5.10 Å². The van der Waals surface area contributed by atoms with Crippen LogP contribution >= 0.6 is 11.6 Å². The number of carbonyl (C=O) groups is 1. The van der Waals surface area contributed by atoms with Gasteiger partial charge in [-0.3, -0.25) is 0 Å². The number of hydrogen-bond acceptors (Lipinski definition) is 5. The van der Waals surface area contributed by atoms with E-state index in [0.29, 0.717) is 21.9 Å². The molecule has 0 aliphatic carbocycles. The van der Waals surface area contributed by atoms with Gasteiger partial charge in [-0.15, -0.1) is 5.10 Å². The third kappa shape index (κ3) is 4.72. The predicted molar refractivity (Wildman–Crippen MR) is 92.8 cm³/mol. The summed E-state index contributed by atoms with van der Waals surface area (Å²) in [5, 5.41) is 7.73. The molecule has 4 N–H and O–H groups in total. The van der Waals surface area contributed by atoms with Crippen LogP contribution in [0.25, 0.3) is 0 Å². The Labute approximate surface area is 143 Å². The summed E-state index contributed by atoms with van der Waals surface area (Å²) < 4.78 is 10.6. The largest absolute Gasteiger partial charge is 0.493 e. The number of methoxy groups -OCH3 is 1. The topological polar surface area (TPSA) is 112 Å². The van der Waals surface area contributed by atoms with E-state index in [1.807, 2.05) is 0 Å². The molecule has 0 aliphatic heterocycles. The molecule has 0 aliphatic rings. The molecule has 0 fully saturated rings. The van der Waals surface area contributed by atoms with Gasteiger partial charge in [-0.05, 0) is 48.0 Å². The van der Waals surface area contributed by atoms with E-state index in [-0.39, 0.29) is 11.7 Å². The van der Waals surface area contributed by atoms with Crippen molar-refractivity contribution >= 4 is 29.7 Å². The summed E-state index contributed by atoms with van der Waals surface area (Å²) in [4.78, 5) is 12.1. The summed E-state index contributed by atoms with van der Waals surface area (Å²) in [6.07, 6.45) is 1.44. The van der Waals surface area contributed by atoms with Crippen LogP contribution in [0, 0.1) is 0 Å². The van der Waals surface area contributed by atoms with Crippen molar-refractivity contribution < 1.29 is 14.3 Å². The summed E-state index contributed by atoms with van der Waals surface area (Å²) in [5.74, 6) is -0.0268. The van der Waals surface area contributed by atoms with Gasteiger partial charge in [-0.1, -0.05) is 11.6 Å². The lowest BCUT2D eigenvalue weighted by atomic mass is 10.2. The number of halogens is 1. The van der Waals surface area contributed by atoms with E-state index in [0.717, 1.165) is 0 Å². The Bertz CT molecular complexity index is 784. The van der Waals surface area contributed by atoms with E-state index in [9.17, 15) is 4.79 Å². The molecule has 0 spiro atoms. The summed E-state index contributed by atoms with van der Waals surface area (Å²) in [7, 11) is 1.46. The minimum absolute atomic E-state index is 0.147. The van der Waals surface area contributed by atoms with E-state index in [2.05, 4.69) is 10.2 Å². The van der Waals surface area contributed by atoms with Crippen molar-refractivity contribution in [2.45, 2.75) is 0 Å². The SMILES string of the molecule is COc1cc(C=NN=C(N)N)ccc1OC(=O)c1ccc(Cl)cc1. The summed E-state index contributed by atoms with van der Waals surface area (Å²) in [5.41, 5.74) is 11.4. The van der Waals surface area contributed by atoms with E-state index in [1.165, 1.54) is 13.3 Å². The predicted octanol–water partition coefficient (Wildman–Crippen LogP) is 2.18. The van der Waals surface area contributed by atoms with Crippen LogP contribution in [0.15, 0.2) is 52.7 Å². The number of guanidine groups is 1. The molecule has 8 heteroatoms. The lowest BCUT2D eigenvalue weighted by molar-refractivity contribution is 0.0729. The lowest BCUT2D eigenvalue weighted by Gasteiger charge is -2.09. The second-order valence-corrected chi connectivity index (χ2v) is 5.01. The van der Waals surface area contributed by atoms with E-state index in [4.69, 9.17) is 32.5 Å². The smallest absolute Gasteiger partial charge is 0.343 e. The fourth-order valence-electron chi connectivity index (χ4n) is 1.76. The molecule has 2 aromatic rings. The quantitative estimate of drug-likeness (QED) is 0.283. The van der Waals surface area contributed by atoms with Crippen molar-refractivity contribution in [1.82, 2.24) is 0 Å². The van der Waals surface area contributed by atoms with Gasteiger partial charge in [0.15, 0.2) is 11.5 Å². The molecule has 0 unspecified atom stereocenters. The first-order chi connectivity index (χ1) is 11.5. The number of esters is 1. The fourth-order valence-corrected chi connectivity index (χ4v) is 1.88. The van der Waals surface area contributed by atoms with E-state index < -0.39 is 5.97 Å². The monoisotopic (exact) mass is 346 g/mol. The van der Waals surface area contributed by atoms with Gasteiger partial charge in [-0.25, -0.2) is 4.79 Å². The van der Waals surface area contributed by atoms with Gasteiger partial charge < -0.3 is 20.9 Å². The standard InChI is InChI=1S/C16H15ClN4O3/c1-23-14-8-10(9-20-21-16(18)19)2-7-13(14)24-15(22)11-3-5-12(17)6-4-11/h2-9H,1H3,(H4,18,19,21). The number of benzene rings is 2. The zero-order chi connectivity index (χ0) is 17.5. The van der Waals surface area contributed by atoms with Gasteiger partial charge in [0, 0.05) is 5.02 Å². The Balaban J connectivity index is 2.18. The zero-order valence-corrected chi connectivity index (χ0v) is 13.5. The molecule has 2 rings (SSSR count). The maximum Gasteiger partial charge on any atom is 0.343 e. The highest BCUT2D eigenvalue weighted by molar-refractivity contribution is 6.30. The normalized spacial score (nSPS) is 10.4. The van der Waals surface area contributed by atoms with Crippen LogP contribution in [0.5, 0.6) is 11.5 Å². The second-order valence-electron chi connectivity index (χ2n) is 4.58. The Kier molecular flexibility index (Phi) is 5.75. The number of nitrogens with zero attached hydrogens (tertiary/aromatic N) is 2. The van der Waals surface area contributed by atoms with Gasteiger partial charge in [0.1, 0.15) is 0 Å². The van der Waals surface area contributed by atoms with Crippen LogP contribution in [0.1, 0.15) is 15.9 Å². The van der Waals surface area contributed by atoms with Crippen LogP contribution in [-0.4, -0.2) is 25.3 Å².